The maximum atomic E-state index is 12.7. The van der Waals surface area contributed by atoms with E-state index in [4.69, 9.17) is 21.1 Å². The summed E-state index contributed by atoms with van der Waals surface area (Å²) >= 11 is 6.39. The molecule has 3 fully saturated rings. The molecule has 31 heavy (non-hydrogen) atoms. The third-order valence-corrected chi connectivity index (χ3v) is 7.98. The zero-order valence-electron chi connectivity index (χ0n) is 18.3. The zero-order chi connectivity index (χ0) is 21.2. The summed E-state index contributed by atoms with van der Waals surface area (Å²) in [6, 6.07) is 4.85. The molecule has 4 heterocycles. The standard InChI is InChI=1S/C24H34ClN3O3/c25-20-13-23-22(30-16-31-23)12-18(20)14-26-9-8-19-6-7-24(29)28(19)15-17-4-3-11-27-10-2-1-5-21(17)27/h12-13,17,19,21,26H,1-11,14-16H2/t17-,19+,21+/m0/s1. The van der Waals surface area contributed by atoms with Gasteiger partial charge >= 0.3 is 0 Å². The molecule has 0 aromatic heterocycles. The average molecular weight is 448 g/mol. The lowest BCUT2D eigenvalue weighted by Crippen LogP contribution is -2.52. The Morgan fingerprint density at radius 1 is 1.06 bits per heavy atom. The van der Waals surface area contributed by atoms with Crippen molar-refractivity contribution in [1.29, 1.82) is 0 Å². The van der Waals surface area contributed by atoms with Gasteiger partial charge in [0.15, 0.2) is 11.5 Å². The number of likely N-dealkylation sites (tertiary alicyclic amines) is 1. The summed E-state index contributed by atoms with van der Waals surface area (Å²) in [5, 5.41) is 4.22. The van der Waals surface area contributed by atoms with Gasteiger partial charge in [0, 0.05) is 42.7 Å². The molecule has 0 saturated carbocycles. The Hall–Kier alpha value is -1.50. The highest BCUT2D eigenvalue weighted by atomic mass is 35.5. The van der Waals surface area contributed by atoms with E-state index >= 15 is 0 Å². The van der Waals surface area contributed by atoms with Crippen LogP contribution in [-0.4, -0.2) is 60.8 Å². The second-order valence-corrected chi connectivity index (χ2v) is 9.91. The van der Waals surface area contributed by atoms with E-state index in [-0.39, 0.29) is 6.79 Å². The molecule has 3 atom stereocenters. The normalized spacial score (nSPS) is 28.2. The third kappa shape index (κ3) is 4.67. The number of nitrogens with one attached hydrogen (secondary N) is 1. The fourth-order valence-electron chi connectivity index (χ4n) is 5.97. The highest BCUT2D eigenvalue weighted by Crippen LogP contribution is 2.37. The molecule has 1 N–H and O–H groups in total. The summed E-state index contributed by atoms with van der Waals surface area (Å²) in [6.07, 6.45) is 9.26. The number of hydrogen-bond donors (Lipinski definition) is 1. The van der Waals surface area contributed by atoms with Crippen LogP contribution in [0.2, 0.25) is 5.02 Å². The van der Waals surface area contributed by atoms with Gasteiger partial charge in [-0.05, 0) is 75.7 Å². The number of nitrogens with zero attached hydrogens (tertiary/aromatic N) is 2. The molecule has 0 aliphatic carbocycles. The van der Waals surface area contributed by atoms with E-state index in [0.717, 1.165) is 37.2 Å². The van der Waals surface area contributed by atoms with E-state index < -0.39 is 0 Å². The van der Waals surface area contributed by atoms with Crippen molar-refractivity contribution in [3.8, 4) is 11.5 Å². The van der Waals surface area contributed by atoms with Crippen molar-refractivity contribution in [2.45, 2.75) is 70.0 Å². The summed E-state index contributed by atoms with van der Waals surface area (Å²) < 4.78 is 10.8. The number of halogens is 1. The van der Waals surface area contributed by atoms with E-state index in [1.165, 1.54) is 45.2 Å². The first-order valence-electron chi connectivity index (χ1n) is 12.0. The van der Waals surface area contributed by atoms with Crippen molar-refractivity contribution in [2.75, 3.05) is 33.0 Å². The summed E-state index contributed by atoms with van der Waals surface area (Å²) in [5.41, 5.74) is 1.02. The minimum Gasteiger partial charge on any atom is -0.454 e. The highest BCUT2D eigenvalue weighted by Gasteiger charge is 2.38. The lowest BCUT2D eigenvalue weighted by atomic mass is 9.83. The molecule has 5 rings (SSSR count). The van der Waals surface area contributed by atoms with E-state index in [0.29, 0.717) is 47.6 Å². The molecule has 170 valence electrons. The SMILES string of the molecule is O=C1CC[C@H](CCNCc2cc3c(cc2Cl)OCO3)N1C[C@@H]1CCCN2CCCC[C@H]12. The number of benzene rings is 1. The molecular weight excluding hydrogens is 414 g/mol. The first-order valence-corrected chi connectivity index (χ1v) is 12.4. The molecule has 0 unspecified atom stereocenters. The Balaban J connectivity index is 1.13. The maximum Gasteiger partial charge on any atom is 0.231 e. The van der Waals surface area contributed by atoms with Crippen LogP contribution in [-0.2, 0) is 11.3 Å². The van der Waals surface area contributed by atoms with Gasteiger partial charge in [-0.25, -0.2) is 0 Å². The summed E-state index contributed by atoms with van der Waals surface area (Å²) in [6.45, 7) is 5.29. The monoisotopic (exact) mass is 447 g/mol. The van der Waals surface area contributed by atoms with Crippen LogP contribution < -0.4 is 14.8 Å². The third-order valence-electron chi connectivity index (χ3n) is 7.62. The van der Waals surface area contributed by atoms with Crippen molar-refractivity contribution >= 4 is 17.5 Å². The van der Waals surface area contributed by atoms with E-state index in [2.05, 4.69) is 15.1 Å². The Morgan fingerprint density at radius 3 is 2.81 bits per heavy atom. The van der Waals surface area contributed by atoms with Crippen LogP contribution in [0.3, 0.4) is 0 Å². The lowest BCUT2D eigenvalue weighted by molar-refractivity contribution is -0.130. The van der Waals surface area contributed by atoms with E-state index in [9.17, 15) is 4.79 Å². The summed E-state index contributed by atoms with van der Waals surface area (Å²) in [4.78, 5) is 17.6. The average Bonchev–Trinajstić information content (AvgIpc) is 3.38. The molecule has 3 saturated heterocycles. The molecular formula is C24H34ClN3O3. The zero-order valence-corrected chi connectivity index (χ0v) is 19.0. The van der Waals surface area contributed by atoms with Crippen molar-refractivity contribution in [2.24, 2.45) is 5.92 Å². The van der Waals surface area contributed by atoms with Gasteiger partial charge in [-0.2, -0.15) is 0 Å². The summed E-state index contributed by atoms with van der Waals surface area (Å²) in [5.74, 6) is 2.49. The molecule has 1 amide bonds. The van der Waals surface area contributed by atoms with E-state index in [1.54, 1.807) is 0 Å². The van der Waals surface area contributed by atoms with Crippen molar-refractivity contribution < 1.29 is 14.3 Å². The van der Waals surface area contributed by atoms with Crippen LogP contribution in [0.5, 0.6) is 11.5 Å². The number of piperidine rings is 2. The van der Waals surface area contributed by atoms with Crippen LogP contribution >= 0.6 is 11.6 Å². The smallest absolute Gasteiger partial charge is 0.231 e. The number of amides is 1. The van der Waals surface area contributed by atoms with Crippen molar-refractivity contribution in [3.63, 3.8) is 0 Å². The van der Waals surface area contributed by atoms with Gasteiger partial charge in [-0.3, -0.25) is 4.79 Å². The predicted octanol–water partition coefficient (Wildman–Crippen LogP) is 3.80. The van der Waals surface area contributed by atoms with Crippen LogP contribution in [0.1, 0.15) is 56.9 Å². The molecule has 1 aromatic carbocycles. The molecule has 6 nitrogen and oxygen atoms in total. The molecule has 0 radical (unpaired) electrons. The molecule has 4 aliphatic rings. The Labute approximate surface area is 190 Å². The largest absolute Gasteiger partial charge is 0.454 e. The fourth-order valence-corrected chi connectivity index (χ4v) is 6.19. The first kappa shape index (κ1) is 21.4. The fraction of sp³-hybridized carbons (Fsp3) is 0.708. The predicted molar refractivity (Wildman–Crippen MR) is 121 cm³/mol. The van der Waals surface area contributed by atoms with Gasteiger partial charge in [0.05, 0.1) is 0 Å². The van der Waals surface area contributed by atoms with Crippen LogP contribution in [0.15, 0.2) is 12.1 Å². The van der Waals surface area contributed by atoms with Crippen LogP contribution in [0.4, 0.5) is 0 Å². The van der Waals surface area contributed by atoms with Gasteiger partial charge in [0.2, 0.25) is 12.7 Å². The van der Waals surface area contributed by atoms with Crippen LogP contribution in [0.25, 0.3) is 0 Å². The topological polar surface area (TPSA) is 54.0 Å². The van der Waals surface area contributed by atoms with Crippen molar-refractivity contribution in [3.05, 3.63) is 22.7 Å². The summed E-state index contributed by atoms with van der Waals surface area (Å²) in [7, 11) is 0. The number of ether oxygens (including phenoxy) is 2. The molecule has 4 aliphatic heterocycles. The lowest BCUT2D eigenvalue weighted by Gasteiger charge is -2.46. The quantitative estimate of drug-likeness (QED) is 0.644. The second kappa shape index (κ2) is 9.55. The van der Waals surface area contributed by atoms with Crippen LogP contribution in [0, 0.1) is 5.92 Å². The van der Waals surface area contributed by atoms with Gasteiger partial charge in [0.1, 0.15) is 0 Å². The maximum absolute atomic E-state index is 12.7. The Bertz CT molecular complexity index is 803. The number of hydrogen-bond acceptors (Lipinski definition) is 5. The minimum atomic E-state index is 0.258. The van der Waals surface area contributed by atoms with E-state index in [1.807, 2.05) is 12.1 Å². The first-order chi connectivity index (χ1) is 15.2. The molecule has 0 bridgehead atoms. The van der Waals surface area contributed by atoms with Gasteiger partial charge in [-0.15, -0.1) is 0 Å². The minimum absolute atomic E-state index is 0.258. The van der Waals surface area contributed by atoms with Gasteiger partial charge in [0.25, 0.3) is 0 Å². The number of fused-ring (bicyclic) bond motifs is 2. The second-order valence-electron chi connectivity index (χ2n) is 9.50. The number of rotatable bonds is 7. The Morgan fingerprint density at radius 2 is 1.90 bits per heavy atom. The van der Waals surface area contributed by atoms with Crippen molar-refractivity contribution in [1.82, 2.24) is 15.1 Å². The molecule has 7 heteroatoms. The number of carbonyl (C=O) groups excluding carboxylic acids is 1. The number of carbonyl (C=O) groups is 1. The van der Waals surface area contributed by atoms with Gasteiger partial charge in [-0.1, -0.05) is 18.0 Å². The highest BCUT2D eigenvalue weighted by molar-refractivity contribution is 6.31. The van der Waals surface area contributed by atoms with Gasteiger partial charge < -0.3 is 24.6 Å². The Kier molecular flexibility index (Phi) is 6.58. The molecule has 0 spiro atoms. The molecule has 1 aromatic rings.